The number of nitrogens with zero attached hydrogens (tertiary/aromatic N) is 1. The number of rotatable bonds is 6. The molecule has 2 aromatic rings. The highest BCUT2D eigenvalue weighted by Crippen LogP contribution is 2.13. The molecule has 2 N–H and O–H groups in total. The van der Waals surface area contributed by atoms with Crippen LogP contribution in [0.15, 0.2) is 60.5 Å². The molecule has 2 rings (SSSR count). The largest absolute Gasteiger partial charge is 0.502 e. The normalized spacial score (nSPS) is 11.8. The Morgan fingerprint density at radius 2 is 1.83 bits per heavy atom. The van der Waals surface area contributed by atoms with Crippen molar-refractivity contribution in [3.05, 3.63) is 76.8 Å². The van der Waals surface area contributed by atoms with E-state index in [-0.39, 0.29) is 0 Å². The number of ketones is 1. The van der Waals surface area contributed by atoms with Gasteiger partial charge in [0.25, 0.3) is 0 Å². The van der Waals surface area contributed by atoms with Gasteiger partial charge in [0.05, 0.1) is 0 Å². The summed E-state index contributed by atoms with van der Waals surface area (Å²) in [5.74, 6) is -3.14. The van der Waals surface area contributed by atoms with Crippen LogP contribution < -0.4 is 0 Å². The minimum absolute atomic E-state index is 0.605. The van der Waals surface area contributed by atoms with Gasteiger partial charge in [-0.05, 0) is 42.0 Å². The van der Waals surface area contributed by atoms with Crippen molar-refractivity contribution in [2.75, 3.05) is 0 Å². The molecule has 5 nitrogen and oxygen atoms in total. The third-order valence-corrected chi connectivity index (χ3v) is 3.30. The average Bonchev–Trinajstić information content (AvgIpc) is 2.94. The predicted octanol–water partition coefficient (Wildman–Crippen LogP) is 3.30. The second kappa shape index (κ2) is 7.47. The smallest absolute Gasteiger partial charge is 0.371 e. The summed E-state index contributed by atoms with van der Waals surface area (Å²) in [5.41, 5.74) is 1.83. The van der Waals surface area contributed by atoms with Crippen LogP contribution in [-0.4, -0.2) is 26.5 Å². The Labute approximate surface area is 137 Å². The average molecular weight is 332 g/mol. The van der Waals surface area contributed by atoms with Crippen LogP contribution in [0.5, 0.6) is 0 Å². The Kier molecular flexibility index (Phi) is 5.38. The summed E-state index contributed by atoms with van der Waals surface area (Å²) in [6.45, 7) is 0.605. The highest BCUT2D eigenvalue weighted by Gasteiger charge is 2.05. The number of aliphatic carboxylic acids is 1. The first-order valence-electron chi connectivity index (χ1n) is 6.71. The van der Waals surface area contributed by atoms with E-state index in [1.807, 2.05) is 35.0 Å². The number of allylic oxidation sites excluding steroid dienone is 2. The molecule has 0 saturated carbocycles. The Hall–Kier alpha value is -2.79. The van der Waals surface area contributed by atoms with E-state index in [9.17, 15) is 9.59 Å². The number of aliphatic hydroxyl groups excluding tert-OH is 1. The maximum Gasteiger partial charge on any atom is 0.371 e. The molecule has 0 amide bonds. The maximum atomic E-state index is 11.5. The van der Waals surface area contributed by atoms with Gasteiger partial charge in [0.15, 0.2) is 5.78 Å². The standard InChI is InChI=1S/C17H14ClNO4/c18-13-5-3-12(4-6-13)11-19-9-1-2-14(19)7-8-15(20)10-16(21)17(22)23/h1-10,21H,11H2,(H,22,23)/b8-7+,16-10-. The molecule has 0 atom stereocenters. The van der Waals surface area contributed by atoms with Gasteiger partial charge in [0.2, 0.25) is 5.76 Å². The van der Waals surface area contributed by atoms with E-state index >= 15 is 0 Å². The lowest BCUT2D eigenvalue weighted by atomic mass is 10.2. The number of halogens is 1. The fourth-order valence-electron chi connectivity index (χ4n) is 1.92. The van der Waals surface area contributed by atoms with Gasteiger partial charge in [0.1, 0.15) is 0 Å². The fraction of sp³-hybridized carbons (Fsp3) is 0.0588. The maximum absolute atomic E-state index is 11.5. The summed E-state index contributed by atoms with van der Waals surface area (Å²) in [5, 5.41) is 18.2. The second-order valence-corrected chi connectivity index (χ2v) is 5.19. The molecular formula is C17H14ClNO4. The topological polar surface area (TPSA) is 79.5 Å². The molecule has 118 valence electrons. The molecule has 0 radical (unpaired) electrons. The van der Waals surface area contributed by atoms with Crippen LogP contribution in [0.4, 0.5) is 0 Å². The number of carboxylic acids is 1. The number of hydrogen-bond donors (Lipinski definition) is 2. The van der Waals surface area contributed by atoms with Crippen molar-refractivity contribution in [1.82, 2.24) is 4.57 Å². The van der Waals surface area contributed by atoms with Crippen LogP contribution in [-0.2, 0) is 16.1 Å². The van der Waals surface area contributed by atoms with E-state index in [2.05, 4.69) is 0 Å². The molecule has 0 spiro atoms. The van der Waals surface area contributed by atoms with E-state index in [1.165, 1.54) is 6.08 Å². The summed E-state index contributed by atoms with van der Waals surface area (Å²) in [4.78, 5) is 22.0. The third-order valence-electron chi connectivity index (χ3n) is 3.05. The molecule has 6 heteroatoms. The van der Waals surface area contributed by atoms with Crippen LogP contribution in [0.2, 0.25) is 5.02 Å². The van der Waals surface area contributed by atoms with Crippen molar-refractivity contribution in [2.45, 2.75) is 6.54 Å². The van der Waals surface area contributed by atoms with E-state index in [0.717, 1.165) is 11.3 Å². The molecule has 0 unspecified atom stereocenters. The number of hydrogen-bond acceptors (Lipinski definition) is 3. The number of carbonyl (C=O) groups is 2. The van der Waals surface area contributed by atoms with E-state index < -0.39 is 17.5 Å². The lowest BCUT2D eigenvalue weighted by Gasteiger charge is -2.06. The summed E-state index contributed by atoms with van der Waals surface area (Å²) < 4.78 is 1.92. The summed E-state index contributed by atoms with van der Waals surface area (Å²) >= 11 is 5.85. The van der Waals surface area contributed by atoms with Crippen LogP contribution in [0.3, 0.4) is 0 Å². The first kappa shape index (κ1) is 16.6. The van der Waals surface area contributed by atoms with Crippen LogP contribution >= 0.6 is 11.6 Å². The van der Waals surface area contributed by atoms with E-state index in [0.29, 0.717) is 17.6 Å². The molecule has 0 bridgehead atoms. The number of carboxylic acid groups (broad SMARTS) is 1. The monoisotopic (exact) mass is 331 g/mol. The van der Waals surface area contributed by atoms with Crippen molar-refractivity contribution in [2.24, 2.45) is 0 Å². The zero-order valence-electron chi connectivity index (χ0n) is 12.0. The van der Waals surface area contributed by atoms with Gasteiger partial charge in [0, 0.05) is 29.5 Å². The lowest BCUT2D eigenvalue weighted by molar-refractivity contribution is -0.135. The number of aliphatic hydroxyl groups is 1. The van der Waals surface area contributed by atoms with Gasteiger partial charge in [-0.3, -0.25) is 4.79 Å². The fourth-order valence-corrected chi connectivity index (χ4v) is 2.05. The highest BCUT2D eigenvalue weighted by molar-refractivity contribution is 6.30. The molecule has 23 heavy (non-hydrogen) atoms. The van der Waals surface area contributed by atoms with Crippen LogP contribution in [0, 0.1) is 0 Å². The van der Waals surface area contributed by atoms with E-state index in [4.69, 9.17) is 21.8 Å². The zero-order valence-corrected chi connectivity index (χ0v) is 12.8. The van der Waals surface area contributed by atoms with Gasteiger partial charge in [-0.15, -0.1) is 0 Å². The molecule has 0 aliphatic heterocycles. The molecule has 1 heterocycles. The molecular weight excluding hydrogens is 318 g/mol. The van der Waals surface area contributed by atoms with Crippen molar-refractivity contribution >= 4 is 29.4 Å². The van der Waals surface area contributed by atoms with Crippen LogP contribution in [0.25, 0.3) is 6.08 Å². The Balaban J connectivity index is 2.10. The minimum atomic E-state index is -1.54. The first-order valence-corrected chi connectivity index (χ1v) is 7.09. The predicted molar refractivity (Wildman–Crippen MR) is 87.4 cm³/mol. The summed E-state index contributed by atoms with van der Waals surface area (Å²) in [7, 11) is 0. The van der Waals surface area contributed by atoms with Crippen LogP contribution in [0.1, 0.15) is 11.3 Å². The first-order chi connectivity index (χ1) is 11.0. The van der Waals surface area contributed by atoms with Crippen molar-refractivity contribution in [3.63, 3.8) is 0 Å². The Morgan fingerprint density at radius 3 is 2.48 bits per heavy atom. The lowest BCUT2D eigenvalue weighted by Crippen LogP contribution is -2.02. The number of benzene rings is 1. The molecule has 1 aromatic heterocycles. The molecule has 0 fully saturated rings. The van der Waals surface area contributed by atoms with Gasteiger partial charge in [-0.1, -0.05) is 23.7 Å². The van der Waals surface area contributed by atoms with Crippen molar-refractivity contribution < 1.29 is 19.8 Å². The molecule has 0 aliphatic rings. The van der Waals surface area contributed by atoms with Crippen molar-refractivity contribution in [3.8, 4) is 0 Å². The van der Waals surface area contributed by atoms with Crippen molar-refractivity contribution in [1.29, 1.82) is 0 Å². The number of carbonyl (C=O) groups excluding carboxylic acids is 1. The summed E-state index contributed by atoms with van der Waals surface area (Å²) in [6.07, 6.45) is 5.28. The molecule has 0 aliphatic carbocycles. The molecule has 0 saturated heterocycles. The van der Waals surface area contributed by atoms with Gasteiger partial charge >= 0.3 is 5.97 Å². The quantitative estimate of drug-likeness (QED) is 0.628. The van der Waals surface area contributed by atoms with Gasteiger partial charge < -0.3 is 14.8 Å². The Morgan fingerprint density at radius 1 is 1.13 bits per heavy atom. The zero-order chi connectivity index (χ0) is 16.8. The van der Waals surface area contributed by atoms with Gasteiger partial charge in [-0.25, -0.2) is 4.79 Å². The van der Waals surface area contributed by atoms with E-state index in [1.54, 1.807) is 18.2 Å². The number of aromatic nitrogens is 1. The van der Waals surface area contributed by atoms with Gasteiger partial charge in [-0.2, -0.15) is 0 Å². The summed E-state index contributed by atoms with van der Waals surface area (Å²) in [6, 6.07) is 11.1. The minimum Gasteiger partial charge on any atom is -0.502 e. The Bertz CT molecular complexity index is 772. The SMILES string of the molecule is O=C(/C=C(\O)C(=O)O)/C=C/c1cccn1Cc1ccc(Cl)cc1. The third kappa shape index (κ3) is 4.86. The highest BCUT2D eigenvalue weighted by atomic mass is 35.5. The molecule has 1 aromatic carbocycles. The second-order valence-electron chi connectivity index (χ2n) is 4.76.